The summed E-state index contributed by atoms with van der Waals surface area (Å²) in [6.07, 6.45) is 0. The van der Waals surface area contributed by atoms with Crippen molar-refractivity contribution in [1.29, 1.82) is 0 Å². The van der Waals surface area contributed by atoms with E-state index in [-0.39, 0.29) is 18.8 Å². The highest BCUT2D eigenvalue weighted by Gasteiger charge is 2.09. The Morgan fingerprint density at radius 2 is 2.19 bits per heavy atom. The molecule has 0 aliphatic rings. The Hall–Kier alpha value is -2.63. The number of hydrogen-bond donors (Lipinski definition) is 4. The van der Waals surface area contributed by atoms with Crippen LogP contribution in [0.2, 0.25) is 0 Å². The molecule has 0 saturated carbocycles. The standard InChI is InChI=1S/C13H11N3O4S/c17-4-1-2-8-3-5-21-10(8)7-14-12(19)9-6-11(18)16-13(20)15-9/h3,5-6,17H,4,7H2,(H,14,19)(H2,15,16,18,20). The number of aliphatic hydroxyl groups is 1. The lowest BCUT2D eigenvalue weighted by molar-refractivity contribution is 0.0945. The van der Waals surface area contributed by atoms with Crippen LogP contribution in [-0.4, -0.2) is 27.6 Å². The summed E-state index contributed by atoms with van der Waals surface area (Å²) in [5, 5.41) is 13.1. The zero-order valence-electron chi connectivity index (χ0n) is 10.7. The zero-order valence-corrected chi connectivity index (χ0v) is 11.5. The van der Waals surface area contributed by atoms with Crippen molar-refractivity contribution in [3.05, 3.63) is 54.5 Å². The second kappa shape index (κ2) is 6.69. The predicted molar refractivity (Wildman–Crippen MR) is 77.1 cm³/mol. The van der Waals surface area contributed by atoms with Gasteiger partial charge in [-0.3, -0.25) is 14.6 Å². The molecular formula is C13H11N3O4S. The van der Waals surface area contributed by atoms with Crippen LogP contribution in [0.5, 0.6) is 0 Å². The fourth-order valence-electron chi connectivity index (χ4n) is 1.57. The van der Waals surface area contributed by atoms with Crippen LogP contribution in [0.4, 0.5) is 0 Å². The van der Waals surface area contributed by atoms with E-state index in [9.17, 15) is 14.4 Å². The van der Waals surface area contributed by atoms with Gasteiger partial charge in [-0.15, -0.1) is 11.3 Å². The van der Waals surface area contributed by atoms with Crippen LogP contribution in [0.15, 0.2) is 27.1 Å². The molecule has 1 amide bonds. The maximum atomic E-state index is 11.9. The normalized spacial score (nSPS) is 9.76. The minimum Gasteiger partial charge on any atom is -0.384 e. The molecule has 0 fully saturated rings. The lowest BCUT2D eigenvalue weighted by Crippen LogP contribution is -2.30. The van der Waals surface area contributed by atoms with Crippen LogP contribution in [-0.2, 0) is 6.54 Å². The summed E-state index contributed by atoms with van der Waals surface area (Å²) in [5.74, 6) is 4.74. The monoisotopic (exact) mass is 305 g/mol. The number of aliphatic hydroxyl groups excluding tert-OH is 1. The molecule has 108 valence electrons. The van der Waals surface area contributed by atoms with Crippen molar-refractivity contribution in [3.63, 3.8) is 0 Å². The lowest BCUT2D eigenvalue weighted by atomic mass is 10.2. The fourth-order valence-corrected chi connectivity index (χ4v) is 2.34. The number of thiophene rings is 1. The number of aromatic amines is 2. The first-order valence-corrected chi connectivity index (χ1v) is 6.76. The Balaban J connectivity index is 2.09. The van der Waals surface area contributed by atoms with Gasteiger partial charge in [0.25, 0.3) is 11.5 Å². The molecule has 2 aromatic rings. The van der Waals surface area contributed by atoms with Crippen molar-refractivity contribution in [1.82, 2.24) is 15.3 Å². The highest BCUT2D eigenvalue weighted by Crippen LogP contribution is 2.15. The first-order valence-electron chi connectivity index (χ1n) is 5.88. The van der Waals surface area contributed by atoms with E-state index in [1.165, 1.54) is 11.3 Å². The van der Waals surface area contributed by atoms with Gasteiger partial charge in [0.05, 0.1) is 6.54 Å². The van der Waals surface area contributed by atoms with Gasteiger partial charge >= 0.3 is 5.69 Å². The molecule has 2 heterocycles. The smallest absolute Gasteiger partial charge is 0.326 e. The van der Waals surface area contributed by atoms with E-state index in [0.29, 0.717) is 5.56 Å². The Morgan fingerprint density at radius 3 is 2.90 bits per heavy atom. The molecule has 0 spiro atoms. The Kier molecular flexibility index (Phi) is 4.71. The van der Waals surface area contributed by atoms with Gasteiger partial charge in [-0.2, -0.15) is 0 Å². The van der Waals surface area contributed by atoms with Crippen LogP contribution in [0.3, 0.4) is 0 Å². The molecule has 0 atom stereocenters. The number of carbonyl (C=O) groups is 1. The van der Waals surface area contributed by atoms with Crippen LogP contribution in [0.25, 0.3) is 0 Å². The third-order valence-electron chi connectivity index (χ3n) is 2.46. The number of amides is 1. The fraction of sp³-hybridized carbons (Fsp3) is 0.154. The average molecular weight is 305 g/mol. The molecule has 4 N–H and O–H groups in total. The van der Waals surface area contributed by atoms with Crippen molar-refractivity contribution in [3.8, 4) is 11.8 Å². The highest BCUT2D eigenvalue weighted by atomic mass is 32.1. The van der Waals surface area contributed by atoms with Gasteiger partial charge in [0, 0.05) is 16.5 Å². The third kappa shape index (κ3) is 3.92. The summed E-state index contributed by atoms with van der Waals surface area (Å²) in [4.78, 5) is 39.1. The second-order valence-corrected chi connectivity index (χ2v) is 4.90. The zero-order chi connectivity index (χ0) is 15.2. The first-order chi connectivity index (χ1) is 10.1. The molecule has 7 nitrogen and oxygen atoms in total. The molecule has 0 aromatic carbocycles. The summed E-state index contributed by atoms with van der Waals surface area (Å²) in [6.45, 7) is -0.0313. The minimum atomic E-state index is -0.738. The van der Waals surface area contributed by atoms with E-state index in [2.05, 4.69) is 22.1 Å². The summed E-state index contributed by atoms with van der Waals surface area (Å²) < 4.78 is 0. The van der Waals surface area contributed by atoms with Gasteiger partial charge in [0.1, 0.15) is 12.3 Å². The Bertz CT molecular complexity index is 794. The van der Waals surface area contributed by atoms with Gasteiger partial charge in [0.2, 0.25) is 0 Å². The maximum Gasteiger partial charge on any atom is 0.326 e. The quantitative estimate of drug-likeness (QED) is 0.567. The Morgan fingerprint density at radius 1 is 1.38 bits per heavy atom. The van der Waals surface area contributed by atoms with Gasteiger partial charge in [-0.05, 0) is 11.4 Å². The van der Waals surface area contributed by atoms with E-state index >= 15 is 0 Å². The van der Waals surface area contributed by atoms with Gasteiger partial charge in [-0.1, -0.05) is 11.8 Å². The van der Waals surface area contributed by atoms with E-state index < -0.39 is 17.2 Å². The number of rotatable bonds is 3. The van der Waals surface area contributed by atoms with Gasteiger partial charge < -0.3 is 15.4 Å². The van der Waals surface area contributed by atoms with Crippen molar-refractivity contribution in [2.24, 2.45) is 0 Å². The minimum absolute atomic E-state index is 0.108. The van der Waals surface area contributed by atoms with Crippen LogP contribution >= 0.6 is 11.3 Å². The molecule has 0 radical (unpaired) electrons. The summed E-state index contributed by atoms with van der Waals surface area (Å²) in [6, 6.07) is 2.79. The predicted octanol–water partition coefficient (Wildman–Crippen LogP) is -0.602. The Labute approximate surface area is 122 Å². The van der Waals surface area contributed by atoms with E-state index in [1.54, 1.807) is 6.07 Å². The number of carbonyl (C=O) groups excluding carboxylic acids is 1. The van der Waals surface area contributed by atoms with Crippen LogP contribution in [0, 0.1) is 11.8 Å². The number of nitrogens with one attached hydrogen (secondary N) is 3. The number of hydrogen-bond acceptors (Lipinski definition) is 5. The molecule has 2 rings (SSSR count). The molecule has 2 aromatic heterocycles. The lowest BCUT2D eigenvalue weighted by Gasteiger charge is -2.03. The largest absolute Gasteiger partial charge is 0.384 e. The van der Waals surface area contributed by atoms with E-state index in [0.717, 1.165) is 10.9 Å². The van der Waals surface area contributed by atoms with Crippen molar-refractivity contribution in [2.45, 2.75) is 6.54 Å². The van der Waals surface area contributed by atoms with E-state index in [4.69, 9.17) is 5.11 Å². The average Bonchev–Trinajstić information content (AvgIpc) is 2.88. The summed E-state index contributed by atoms with van der Waals surface area (Å²) in [5.41, 5.74) is -0.773. The molecule has 8 heteroatoms. The molecule has 0 unspecified atom stereocenters. The number of aromatic nitrogens is 2. The molecule has 0 aliphatic heterocycles. The molecule has 21 heavy (non-hydrogen) atoms. The first kappa shape index (κ1) is 14.8. The SMILES string of the molecule is O=C(NCc1sccc1C#CCO)c1cc(=O)[nH]c(=O)[nH]1. The van der Waals surface area contributed by atoms with Crippen LogP contribution in [0.1, 0.15) is 20.9 Å². The molecule has 0 bridgehead atoms. The van der Waals surface area contributed by atoms with Crippen molar-refractivity contribution >= 4 is 17.2 Å². The molecular weight excluding hydrogens is 294 g/mol. The van der Waals surface area contributed by atoms with Crippen molar-refractivity contribution < 1.29 is 9.90 Å². The third-order valence-corrected chi connectivity index (χ3v) is 3.38. The molecule has 0 aliphatic carbocycles. The van der Waals surface area contributed by atoms with Gasteiger partial charge in [-0.25, -0.2) is 4.79 Å². The highest BCUT2D eigenvalue weighted by molar-refractivity contribution is 7.10. The summed E-state index contributed by atoms with van der Waals surface area (Å²) >= 11 is 1.40. The van der Waals surface area contributed by atoms with E-state index in [1.807, 2.05) is 10.4 Å². The maximum absolute atomic E-state index is 11.9. The topological polar surface area (TPSA) is 115 Å². The second-order valence-electron chi connectivity index (χ2n) is 3.90. The van der Waals surface area contributed by atoms with Crippen molar-refractivity contribution in [2.75, 3.05) is 6.61 Å². The molecule has 0 saturated heterocycles. The summed E-state index contributed by atoms with van der Waals surface area (Å²) in [7, 11) is 0. The van der Waals surface area contributed by atoms with Gasteiger partial charge in [0.15, 0.2) is 0 Å². The van der Waals surface area contributed by atoms with Crippen LogP contribution < -0.4 is 16.6 Å². The number of H-pyrrole nitrogens is 2.